The van der Waals surface area contributed by atoms with Crippen molar-refractivity contribution in [3.05, 3.63) is 41.4 Å². The molecule has 7 nitrogen and oxygen atoms in total. The molecule has 0 saturated heterocycles. The summed E-state index contributed by atoms with van der Waals surface area (Å²) in [5.41, 5.74) is -0.366. The first-order chi connectivity index (χ1) is 12.3. The number of nitrogens with zero attached hydrogens (tertiary/aromatic N) is 2. The Hall–Kier alpha value is -2.73. The number of carbonyl (C=O) groups excluding carboxylic acids is 1. The van der Waals surface area contributed by atoms with Gasteiger partial charge in [-0.15, -0.1) is 0 Å². The van der Waals surface area contributed by atoms with Crippen LogP contribution in [0.4, 0.5) is 10.2 Å². The standard InChI is InChI=1S/C18H20FN3O4S/c1-17(2,3)14-9-15(22-26-14)21-16(23)18(4,5)27(24,25)13-7-6-11(10-20)8-12(13)19/h6-9H,1-5H3,(H,21,22,23). The molecule has 1 aromatic heterocycles. The highest BCUT2D eigenvalue weighted by Gasteiger charge is 2.44. The Labute approximate surface area is 157 Å². The van der Waals surface area contributed by atoms with Gasteiger partial charge in [0.2, 0.25) is 5.91 Å². The molecule has 0 spiro atoms. The first kappa shape index (κ1) is 20.6. The van der Waals surface area contributed by atoms with Crippen LogP contribution in [0.15, 0.2) is 33.7 Å². The first-order valence-corrected chi connectivity index (χ1v) is 9.52. The van der Waals surface area contributed by atoms with Gasteiger partial charge in [-0.05, 0) is 32.0 Å². The Morgan fingerprint density at radius 3 is 2.33 bits per heavy atom. The lowest BCUT2D eigenvalue weighted by atomic mass is 9.93. The third-order valence-corrected chi connectivity index (χ3v) is 6.50. The van der Waals surface area contributed by atoms with Crippen molar-refractivity contribution >= 4 is 21.6 Å². The van der Waals surface area contributed by atoms with E-state index in [9.17, 15) is 17.6 Å². The molecule has 9 heteroatoms. The van der Waals surface area contributed by atoms with Crippen LogP contribution in [0.2, 0.25) is 0 Å². The zero-order valence-electron chi connectivity index (χ0n) is 15.6. The van der Waals surface area contributed by atoms with Crippen LogP contribution in [0.1, 0.15) is 45.9 Å². The van der Waals surface area contributed by atoms with Crippen molar-refractivity contribution in [3.8, 4) is 6.07 Å². The van der Waals surface area contributed by atoms with E-state index in [1.54, 1.807) is 6.07 Å². The van der Waals surface area contributed by atoms with Crippen LogP contribution < -0.4 is 5.32 Å². The van der Waals surface area contributed by atoms with Gasteiger partial charge in [0.05, 0.1) is 11.6 Å². The molecular weight excluding hydrogens is 373 g/mol. The van der Waals surface area contributed by atoms with Crippen LogP contribution in [0, 0.1) is 17.1 Å². The van der Waals surface area contributed by atoms with Crippen LogP contribution in [-0.4, -0.2) is 24.2 Å². The first-order valence-electron chi connectivity index (χ1n) is 8.03. The maximum atomic E-state index is 14.2. The summed E-state index contributed by atoms with van der Waals surface area (Å²) in [5, 5.41) is 14.9. The van der Waals surface area contributed by atoms with Crippen LogP contribution in [0.25, 0.3) is 0 Å². The third kappa shape index (κ3) is 3.85. The highest BCUT2D eigenvalue weighted by atomic mass is 32.2. The Morgan fingerprint density at radius 1 is 1.22 bits per heavy atom. The SMILES string of the molecule is CC(C)(C)c1cc(NC(=O)C(C)(C)S(=O)(=O)c2ccc(C#N)cc2F)no1. The van der Waals surface area contributed by atoms with Gasteiger partial charge >= 0.3 is 0 Å². The van der Waals surface area contributed by atoms with Crippen LogP contribution in [0.5, 0.6) is 0 Å². The Kier molecular flexibility index (Phi) is 5.16. The number of halogens is 1. The van der Waals surface area contributed by atoms with Crippen LogP contribution in [-0.2, 0) is 20.0 Å². The van der Waals surface area contributed by atoms with E-state index in [2.05, 4.69) is 10.5 Å². The van der Waals surface area contributed by atoms with Gasteiger partial charge < -0.3 is 9.84 Å². The van der Waals surface area contributed by atoms with Gasteiger partial charge in [0, 0.05) is 11.5 Å². The third-order valence-electron chi connectivity index (χ3n) is 4.06. The van der Waals surface area contributed by atoms with Gasteiger partial charge in [-0.25, -0.2) is 12.8 Å². The predicted octanol–water partition coefficient (Wildman–Crippen LogP) is 3.17. The second-order valence-corrected chi connectivity index (χ2v) is 10.0. The van der Waals surface area contributed by atoms with E-state index in [-0.39, 0.29) is 16.8 Å². The zero-order chi connectivity index (χ0) is 20.6. The predicted molar refractivity (Wildman–Crippen MR) is 96.2 cm³/mol. The van der Waals surface area contributed by atoms with E-state index in [0.29, 0.717) is 5.76 Å². The van der Waals surface area contributed by atoms with Gasteiger partial charge in [-0.2, -0.15) is 5.26 Å². The summed E-state index contributed by atoms with van der Waals surface area (Å²) in [6, 6.07) is 6.19. The number of anilines is 1. The summed E-state index contributed by atoms with van der Waals surface area (Å²) >= 11 is 0. The number of nitriles is 1. The maximum Gasteiger partial charge on any atom is 0.246 e. The molecule has 0 fully saturated rings. The number of nitrogens with one attached hydrogen (secondary N) is 1. The van der Waals surface area contributed by atoms with Crippen molar-refractivity contribution in [2.24, 2.45) is 0 Å². The Bertz CT molecular complexity index is 1030. The van der Waals surface area contributed by atoms with Crippen molar-refractivity contribution in [1.29, 1.82) is 5.26 Å². The molecule has 0 aliphatic rings. The molecule has 1 heterocycles. The summed E-state index contributed by atoms with van der Waals surface area (Å²) in [7, 11) is -4.39. The number of hydrogen-bond donors (Lipinski definition) is 1. The summed E-state index contributed by atoms with van der Waals surface area (Å²) in [6.07, 6.45) is 0. The second-order valence-electron chi connectivity index (χ2n) is 7.55. The lowest BCUT2D eigenvalue weighted by molar-refractivity contribution is -0.117. The quantitative estimate of drug-likeness (QED) is 0.853. The average molecular weight is 393 g/mol. The van der Waals surface area contributed by atoms with E-state index in [1.165, 1.54) is 26.0 Å². The Balaban J connectivity index is 2.34. The van der Waals surface area contributed by atoms with Crippen LogP contribution in [0.3, 0.4) is 0 Å². The molecule has 0 radical (unpaired) electrons. The number of sulfone groups is 1. The molecule has 2 aromatic rings. The highest BCUT2D eigenvalue weighted by Crippen LogP contribution is 2.30. The monoisotopic (exact) mass is 393 g/mol. The van der Waals surface area contributed by atoms with Crippen molar-refractivity contribution in [2.45, 2.75) is 49.7 Å². The minimum absolute atomic E-state index is 0.0222. The number of aromatic nitrogens is 1. The number of amides is 1. The number of hydrogen-bond acceptors (Lipinski definition) is 6. The number of benzene rings is 1. The summed E-state index contributed by atoms with van der Waals surface area (Å²) in [6.45, 7) is 8.00. The Morgan fingerprint density at radius 2 is 1.85 bits per heavy atom. The van der Waals surface area contributed by atoms with E-state index in [1.807, 2.05) is 20.8 Å². The lowest BCUT2D eigenvalue weighted by Gasteiger charge is -2.23. The summed E-state index contributed by atoms with van der Waals surface area (Å²) in [5.74, 6) is -1.41. The lowest BCUT2D eigenvalue weighted by Crippen LogP contribution is -2.44. The molecule has 0 bridgehead atoms. The van der Waals surface area contributed by atoms with Crippen molar-refractivity contribution in [2.75, 3.05) is 5.32 Å². The van der Waals surface area contributed by atoms with Gasteiger partial charge in [-0.1, -0.05) is 25.9 Å². The minimum atomic E-state index is -4.39. The fourth-order valence-corrected chi connectivity index (χ4v) is 3.55. The molecule has 144 valence electrons. The molecule has 1 N–H and O–H groups in total. The summed E-state index contributed by atoms with van der Waals surface area (Å²) < 4.78 is 43.0. The van der Waals surface area contributed by atoms with Crippen molar-refractivity contribution in [1.82, 2.24) is 5.16 Å². The normalized spacial score (nSPS) is 12.5. The van der Waals surface area contributed by atoms with Gasteiger partial charge in [0.15, 0.2) is 15.7 Å². The zero-order valence-corrected chi connectivity index (χ0v) is 16.4. The van der Waals surface area contributed by atoms with E-state index < -0.39 is 31.2 Å². The molecule has 2 rings (SSSR count). The molecule has 1 amide bonds. The molecule has 27 heavy (non-hydrogen) atoms. The number of rotatable bonds is 4. The largest absolute Gasteiger partial charge is 0.359 e. The second kappa shape index (κ2) is 6.78. The maximum absolute atomic E-state index is 14.2. The molecule has 0 atom stereocenters. The van der Waals surface area contributed by atoms with Gasteiger partial charge in [0.25, 0.3) is 0 Å². The van der Waals surface area contributed by atoms with Gasteiger partial charge in [-0.3, -0.25) is 4.79 Å². The van der Waals surface area contributed by atoms with E-state index in [0.717, 1.165) is 12.1 Å². The topological polar surface area (TPSA) is 113 Å². The highest BCUT2D eigenvalue weighted by molar-refractivity contribution is 7.93. The van der Waals surface area contributed by atoms with E-state index in [4.69, 9.17) is 9.78 Å². The van der Waals surface area contributed by atoms with Crippen LogP contribution >= 0.6 is 0 Å². The number of carbonyl (C=O) groups is 1. The molecule has 0 aliphatic heterocycles. The molecule has 0 unspecified atom stereocenters. The molecule has 0 saturated carbocycles. The fourth-order valence-electron chi connectivity index (χ4n) is 2.14. The van der Waals surface area contributed by atoms with Crippen molar-refractivity contribution < 1.29 is 22.1 Å². The van der Waals surface area contributed by atoms with E-state index >= 15 is 0 Å². The average Bonchev–Trinajstić information content (AvgIpc) is 3.02. The smallest absolute Gasteiger partial charge is 0.246 e. The summed E-state index contributed by atoms with van der Waals surface area (Å²) in [4.78, 5) is 11.9. The fraction of sp³-hybridized carbons (Fsp3) is 0.389. The molecular formula is C18H20FN3O4S. The van der Waals surface area contributed by atoms with Gasteiger partial charge in [0.1, 0.15) is 21.2 Å². The molecule has 0 aliphatic carbocycles. The minimum Gasteiger partial charge on any atom is -0.359 e. The van der Waals surface area contributed by atoms with Crippen molar-refractivity contribution in [3.63, 3.8) is 0 Å². The molecule has 1 aromatic carbocycles.